The number of hydrogen-bond donors (Lipinski definition) is 1. The average molecular weight is 429 g/mol. The number of nitro groups is 1. The molecule has 0 aliphatic carbocycles. The minimum absolute atomic E-state index is 0.0198. The van der Waals surface area contributed by atoms with Gasteiger partial charge in [0.05, 0.1) is 30.1 Å². The van der Waals surface area contributed by atoms with Gasteiger partial charge in [0.15, 0.2) is 0 Å². The summed E-state index contributed by atoms with van der Waals surface area (Å²) in [5, 5.41) is 15.2. The Bertz CT molecular complexity index is 929. The SMILES string of the molecule is Cc1ccccc1CSCC(=O)N/N=C\c1cc([N+](=O)[O-])ccc1N1CCOCC1. The molecule has 0 spiro atoms. The smallest absolute Gasteiger partial charge is 0.270 e. The lowest BCUT2D eigenvalue weighted by Gasteiger charge is -2.29. The molecule has 158 valence electrons. The fourth-order valence-electron chi connectivity index (χ4n) is 3.08. The molecule has 0 aromatic heterocycles. The van der Waals surface area contributed by atoms with E-state index < -0.39 is 4.92 Å². The normalized spacial score (nSPS) is 14.1. The van der Waals surface area contributed by atoms with Gasteiger partial charge in [0, 0.05) is 42.2 Å². The molecule has 30 heavy (non-hydrogen) atoms. The number of thioether (sulfide) groups is 1. The number of hydrogen-bond acceptors (Lipinski definition) is 7. The summed E-state index contributed by atoms with van der Waals surface area (Å²) in [5.41, 5.74) is 6.30. The summed E-state index contributed by atoms with van der Waals surface area (Å²) in [6, 6.07) is 12.7. The van der Waals surface area contributed by atoms with Crippen molar-refractivity contribution in [1.82, 2.24) is 5.43 Å². The number of amides is 1. The van der Waals surface area contributed by atoms with Crippen LogP contribution in [-0.2, 0) is 15.3 Å². The van der Waals surface area contributed by atoms with Gasteiger partial charge in [-0.1, -0.05) is 24.3 Å². The van der Waals surface area contributed by atoms with Crippen LogP contribution in [0.2, 0.25) is 0 Å². The molecule has 1 N–H and O–H groups in total. The van der Waals surface area contributed by atoms with Crippen molar-refractivity contribution in [3.8, 4) is 0 Å². The van der Waals surface area contributed by atoms with Crippen LogP contribution in [0.4, 0.5) is 11.4 Å². The number of nitrogens with zero attached hydrogens (tertiary/aromatic N) is 3. The summed E-state index contributed by atoms with van der Waals surface area (Å²) in [6.07, 6.45) is 1.46. The van der Waals surface area contributed by atoms with Crippen LogP contribution in [0.1, 0.15) is 16.7 Å². The third kappa shape index (κ3) is 6.04. The van der Waals surface area contributed by atoms with Crippen molar-refractivity contribution < 1.29 is 14.5 Å². The molecule has 1 fully saturated rings. The third-order valence-electron chi connectivity index (χ3n) is 4.72. The monoisotopic (exact) mass is 428 g/mol. The van der Waals surface area contributed by atoms with Gasteiger partial charge in [-0.05, 0) is 24.1 Å². The Morgan fingerprint density at radius 2 is 2.07 bits per heavy atom. The van der Waals surface area contributed by atoms with Gasteiger partial charge >= 0.3 is 0 Å². The molecule has 2 aromatic rings. The van der Waals surface area contributed by atoms with E-state index in [1.807, 2.05) is 31.2 Å². The number of nitrogens with one attached hydrogen (secondary N) is 1. The Balaban J connectivity index is 1.59. The molecule has 1 saturated heterocycles. The molecule has 0 radical (unpaired) electrons. The van der Waals surface area contributed by atoms with Crippen LogP contribution in [-0.4, -0.2) is 49.1 Å². The number of ether oxygens (including phenoxy) is 1. The van der Waals surface area contributed by atoms with E-state index in [0.29, 0.717) is 31.9 Å². The number of carbonyl (C=O) groups is 1. The van der Waals surface area contributed by atoms with Crippen LogP contribution >= 0.6 is 11.8 Å². The molecule has 0 bridgehead atoms. The van der Waals surface area contributed by atoms with Gasteiger partial charge < -0.3 is 9.64 Å². The van der Waals surface area contributed by atoms with Crippen molar-refractivity contribution in [1.29, 1.82) is 0 Å². The largest absolute Gasteiger partial charge is 0.378 e. The Labute approximate surface area is 179 Å². The zero-order valence-corrected chi connectivity index (χ0v) is 17.6. The molecular weight excluding hydrogens is 404 g/mol. The Morgan fingerprint density at radius 3 is 2.80 bits per heavy atom. The highest BCUT2D eigenvalue weighted by Gasteiger charge is 2.17. The van der Waals surface area contributed by atoms with Gasteiger partial charge in [0.1, 0.15) is 0 Å². The van der Waals surface area contributed by atoms with Crippen LogP contribution in [0.5, 0.6) is 0 Å². The fraction of sp³-hybridized carbons (Fsp3) is 0.333. The summed E-state index contributed by atoms with van der Waals surface area (Å²) in [4.78, 5) is 24.9. The first-order valence-electron chi connectivity index (χ1n) is 9.60. The van der Waals surface area contributed by atoms with Gasteiger partial charge in [-0.3, -0.25) is 14.9 Å². The van der Waals surface area contributed by atoms with E-state index in [2.05, 4.69) is 15.4 Å². The standard InChI is InChI=1S/C21H24N4O4S/c1-16-4-2-3-5-17(16)14-30-15-21(26)23-22-13-18-12-19(25(27)28)6-7-20(18)24-8-10-29-11-9-24/h2-7,12-13H,8-11,14-15H2,1H3,(H,23,26)/b22-13-. The first-order valence-corrected chi connectivity index (χ1v) is 10.8. The molecule has 1 aliphatic rings. The van der Waals surface area contributed by atoms with Crippen LogP contribution < -0.4 is 10.3 Å². The van der Waals surface area contributed by atoms with Crippen LogP contribution in [0.3, 0.4) is 0 Å². The summed E-state index contributed by atoms with van der Waals surface area (Å²) in [5.74, 6) is 0.801. The molecule has 9 heteroatoms. The maximum absolute atomic E-state index is 12.1. The van der Waals surface area contributed by atoms with Gasteiger partial charge in [-0.2, -0.15) is 5.10 Å². The maximum atomic E-state index is 12.1. The van der Waals surface area contributed by atoms with Gasteiger partial charge in [0.2, 0.25) is 5.91 Å². The highest BCUT2D eigenvalue weighted by Crippen LogP contribution is 2.25. The van der Waals surface area contributed by atoms with Gasteiger partial charge in [-0.15, -0.1) is 11.8 Å². The zero-order valence-electron chi connectivity index (χ0n) is 16.7. The van der Waals surface area contributed by atoms with Crippen LogP contribution in [0, 0.1) is 17.0 Å². The fourth-order valence-corrected chi connectivity index (χ4v) is 3.98. The van der Waals surface area contributed by atoms with E-state index in [4.69, 9.17) is 4.74 Å². The minimum atomic E-state index is -0.443. The lowest BCUT2D eigenvalue weighted by molar-refractivity contribution is -0.384. The summed E-state index contributed by atoms with van der Waals surface area (Å²) in [7, 11) is 0. The number of nitro benzene ring substituents is 1. The first kappa shape index (κ1) is 21.8. The number of anilines is 1. The molecular formula is C21H24N4O4S. The quantitative estimate of drug-likeness (QED) is 0.394. The molecule has 8 nitrogen and oxygen atoms in total. The van der Waals surface area contributed by atoms with Crippen LogP contribution in [0.15, 0.2) is 47.6 Å². The molecule has 0 unspecified atom stereocenters. The lowest BCUT2D eigenvalue weighted by Crippen LogP contribution is -2.36. The molecule has 0 atom stereocenters. The van der Waals surface area contributed by atoms with Crippen molar-refractivity contribution in [3.05, 3.63) is 69.3 Å². The Kier molecular flexibility index (Phi) is 7.81. The number of non-ortho nitro benzene ring substituents is 1. The van der Waals surface area contributed by atoms with Crippen LogP contribution in [0.25, 0.3) is 0 Å². The van der Waals surface area contributed by atoms with Crippen molar-refractivity contribution in [2.75, 3.05) is 37.0 Å². The van der Waals surface area contributed by atoms with E-state index >= 15 is 0 Å². The number of rotatable bonds is 8. The topological polar surface area (TPSA) is 97.1 Å². The van der Waals surface area contributed by atoms with E-state index in [1.165, 1.54) is 41.2 Å². The maximum Gasteiger partial charge on any atom is 0.270 e. The van der Waals surface area contributed by atoms with E-state index in [0.717, 1.165) is 11.4 Å². The lowest BCUT2D eigenvalue weighted by atomic mass is 10.1. The number of hydrazone groups is 1. The zero-order chi connectivity index (χ0) is 21.3. The second-order valence-electron chi connectivity index (χ2n) is 6.81. The molecule has 0 saturated carbocycles. The van der Waals surface area contributed by atoms with Gasteiger partial charge in [0.25, 0.3) is 5.69 Å². The predicted octanol–water partition coefficient (Wildman–Crippen LogP) is 3.12. The van der Waals surface area contributed by atoms with Crippen molar-refractivity contribution in [2.24, 2.45) is 5.10 Å². The molecule has 3 rings (SSSR count). The highest BCUT2D eigenvalue weighted by molar-refractivity contribution is 7.99. The van der Waals surface area contributed by atoms with Gasteiger partial charge in [-0.25, -0.2) is 5.43 Å². The average Bonchev–Trinajstić information content (AvgIpc) is 2.75. The number of morpholine rings is 1. The molecule has 2 aromatic carbocycles. The van der Waals surface area contributed by atoms with E-state index in [1.54, 1.807) is 6.07 Å². The minimum Gasteiger partial charge on any atom is -0.378 e. The van der Waals surface area contributed by atoms with Crippen molar-refractivity contribution in [3.63, 3.8) is 0 Å². The number of aryl methyl sites for hydroxylation is 1. The molecule has 1 aliphatic heterocycles. The van der Waals surface area contributed by atoms with E-state index in [-0.39, 0.29) is 17.3 Å². The van der Waals surface area contributed by atoms with Crippen molar-refractivity contribution in [2.45, 2.75) is 12.7 Å². The summed E-state index contributed by atoms with van der Waals surface area (Å²) < 4.78 is 5.37. The first-order chi connectivity index (χ1) is 14.5. The Morgan fingerprint density at radius 1 is 1.30 bits per heavy atom. The second-order valence-corrected chi connectivity index (χ2v) is 7.80. The highest BCUT2D eigenvalue weighted by atomic mass is 32.2. The predicted molar refractivity (Wildman–Crippen MR) is 119 cm³/mol. The Hall–Kier alpha value is -2.91. The number of benzene rings is 2. The van der Waals surface area contributed by atoms with E-state index in [9.17, 15) is 14.9 Å². The number of carbonyl (C=O) groups excluding carboxylic acids is 1. The second kappa shape index (κ2) is 10.7. The summed E-state index contributed by atoms with van der Waals surface area (Å²) in [6.45, 7) is 4.64. The van der Waals surface area contributed by atoms with Crippen molar-refractivity contribution >= 4 is 35.3 Å². The molecule has 1 heterocycles. The third-order valence-corrected chi connectivity index (χ3v) is 5.70. The summed E-state index contributed by atoms with van der Waals surface area (Å²) >= 11 is 1.51. The molecule has 1 amide bonds.